The molecule has 0 spiro atoms. The molecule has 1 heterocycles. The minimum absolute atomic E-state index is 0.0804. The molecule has 2 amide bonds. The fourth-order valence-corrected chi connectivity index (χ4v) is 3.37. The summed E-state index contributed by atoms with van der Waals surface area (Å²) in [7, 11) is 0. The summed E-state index contributed by atoms with van der Waals surface area (Å²) in [5.74, 6) is -0.0567. The normalized spacial score (nSPS) is 15.6. The van der Waals surface area contributed by atoms with E-state index in [-0.39, 0.29) is 18.4 Å². The Morgan fingerprint density at radius 1 is 1.21 bits per heavy atom. The van der Waals surface area contributed by atoms with Gasteiger partial charge in [0.05, 0.1) is 26.2 Å². The Bertz CT molecular complexity index is 855. The number of ether oxygens (including phenoxy) is 1. The van der Waals surface area contributed by atoms with Crippen molar-refractivity contribution in [1.29, 1.82) is 0 Å². The molecule has 8 heteroatoms. The van der Waals surface area contributed by atoms with Crippen LogP contribution in [0.3, 0.4) is 0 Å². The summed E-state index contributed by atoms with van der Waals surface area (Å²) in [5.41, 5.74) is 0.441. The Morgan fingerprint density at radius 2 is 1.90 bits per heavy atom. The molecule has 0 aromatic heterocycles. The molecule has 1 atom stereocenters. The first-order chi connectivity index (χ1) is 13.9. The van der Waals surface area contributed by atoms with Gasteiger partial charge in [-0.2, -0.15) is 0 Å². The topological polar surface area (TPSA) is 63.1 Å². The van der Waals surface area contributed by atoms with Crippen LogP contribution in [-0.4, -0.2) is 55.5 Å². The van der Waals surface area contributed by atoms with Crippen LogP contribution in [0.15, 0.2) is 48.5 Å². The fraction of sp³-hybridized carbons (Fsp3) is 0.333. The standard InChI is InChI=1S/C21H23ClFN3O3/c1-15(29-19-7-5-16(22)6-8-19)21(28)26-11-9-25(10-12-26)14-20(27)24-18-4-2-3-17(23)13-18/h2-8,13,15H,9-12,14H2,1H3,(H,24,27)/p+1/t15-/m0/s1. The van der Waals surface area contributed by atoms with Gasteiger partial charge in [-0.05, 0) is 49.4 Å². The first kappa shape index (κ1) is 21.1. The number of carbonyl (C=O) groups is 2. The molecule has 0 unspecified atom stereocenters. The maximum atomic E-state index is 13.2. The SMILES string of the molecule is C[C@H](Oc1ccc(Cl)cc1)C(=O)N1CC[NH+](CC(=O)Nc2cccc(F)c2)CC1. The Balaban J connectivity index is 1.43. The molecule has 154 valence electrons. The number of halogens is 2. The molecule has 1 saturated heterocycles. The van der Waals surface area contributed by atoms with Gasteiger partial charge in [0.2, 0.25) is 0 Å². The van der Waals surface area contributed by atoms with Crippen molar-refractivity contribution >= 4 is 29.1 Å². The van der Waals surface area contributed by atoms with E-state index in [1.165, 1.54) is 12.1 Å². The van der Waals surface area contributed by atoms with E-state index < -0.39 is 11.9 Å². The molecule has 0 radical (unpaired) electrons. The van der Waals surface area contributed by atoms with E-state index in [1.54, 1.807) is 48.2 Å². The highest BCUT2D eigenvalue weighted by molar-refractivity contribution is 6.30. The van der Waals surface area contributed by atoms with Crippen molar-refractivity contribution in [2.24, 2.45) is 0 Å². The third kappa shape index (κ3) is 6.17. The second-order valence-electron chi connectivity index (χ2n) is 7.02. The number of piperazine rings is 1. The number of amides is 2. The molecule has 6 nitrogen and oxygen atoms in total. The predicted octanol–water partition coefficient (Wildman–Crippen LogP) is 1.61. The van der Waals surface area contributed by atoms with Crippen LogP contribution >= 0.6 is 11.6 Å². The van der Waals surface area contributed by atoms with Crippen molar-refractivity contribution in [2.75, 3.05) is 38.0 Å². The van der Waals surface area contributed by atoms with Gasteiger partial charge in [-0.1, -0.05) is 17.7 Å². The summed E-state index contributed by atoms with van der Waals surface area (Å²) in [6, 6.07) is 12.7. The van der Waals surface area contributed by atoms with E-state index >= 15 is 0 Å². The van der Waals surface area contributed by atoms with Gasteiger partial charge in [0.1, 0.15) is 11.6 Å². The van der Waals surface area contributed by atoms with E-state index in [2.05, 4.69) is 5.32 Å². The molecular formula is C21H24ClFN3O3+. The molecule has 3 rings (SSSR count). The van der Waals surface area contributed by atoms with Gasteiger partial charge in [0.15, 0.2) is 12.6 Å². The third-order valence-electron chi connectivity index (χ3n) is 4.78. The van der Waals surface area contributed by atoms with Gasteiger partial charge >= 0.3 is 0 Å². The number of nitrogens with one attached hydrogen (secondary N) is 2. The summed E-state index contributed by atoms with van der Waals surface area (Å²) in [4.78, 5) is 27.6. The van der Waals surface area contributed by atoms with Gasteiger partial charge in [-0.3, -0.25) is 9.59 Å². The molecular weight excluding hydrogens is 397 g/mol. The number of hydrogen-bond donors (Lipinski definition) is 2. The van der Waals surface area contributed by atoms with E-state index in [4.69, 9.17) is 16.3 Å². The lowest BCUT2D eigenvalue weighted by molar-refractivity contribution is -0.895. The van der Waals surface area contributed by atoms with Crippen molar-refractivity contribution in [3.8, 4) is 5.75 Å². The molecule has 0 bridgehead atoms. The summed E-state index contributed by atoms with van der Waals surface area (Å²) >= 11 is 5.86. The summed E-state index contributed by atoms with van der Waals surface area (Å²) < 4.78 is 18.9. The maximum Gasteiger partial charge on any atom is 0.279 e. The number of quaternary nitrogens is 1. The van der Waals surface area contributed by atoms with Crippen LogP contribution in [0.2, 0.25) is 5.02 Å². The van der Waals surface area contributed by atoms with Crippen LogP contribution in [0.1, 0.15) is 6.92 Å². The summed E-state index contributed by atoms with van der Waals surface area (Å²) in [6.45, 7) is 4.43. The molecule has 1 aliphatic heterocycles. The zero-order valence-corrected chi connectivity index (χ0v) is 16.9. The van der Waals surface area contributed by atoms with E-state index in [1.807, 2.05) is 0 Å². The zero-order chi connectivity index (χ0) is 20.8. The van der Waals surface area contributed by atoms with Crippen LogP contribution in [0, 0.1) is 5.82 Å². The van der Waals surface area contributed by atoms with Gasteiger partial charge in [0, 0.05) is 10.7 Å². The summed E-state index contributed by atoms with van der Waals surface area (Å²) in [5, 5.41) is 3.31. The van der Waals surface area contributed by atoms with Crippen molar-refractivity contribution in [1.82, 2.24) is 4.90 Å². The van der Waals surface area contributed by atoms with E-state index in [9.17, 15) is 14.0 Å². The number of anilines is 1. The Kier molecular flexibility index (Phi) is 7.06. The van der Waals surface area contributed by atoms with Crippen LogP contribution in [0.25, 0.3) is 0 Å². The van der Waals surface area contributed by atoms with Gasteiger partial charge in [0.25, 0.3) is 11.8 Å². The third-order valence-corrected chi connectivity index (χ3v) is 5.03. The predicted molar refractivity (Wildman–Crippen MR) is 109 cm³/mol. The van der Waals surface area contributed by atoms with Gasteiger partial charge in [-0.25, -0.2) is 4.39 Å². The second kappa shape index (κ2) is 9.71. The highest BCUT2D eigenvalue weighted by Gasteiger charge is 2.28. The summed E-state index contributed by atoms with van der Waals surface area (Å²) in [6.07, 6.45) is -0.603. The van der Waals surface area contributed by atoms with Crippen molar-refractivity contribution in [3.05, 3.63) is 59.4 Å². The molecule has 2 aromatic rings. The minimum Gasteiger partial charge on any atom is -0.481 e. The number of benzene rings is 2. The molecule has 1 fully saturated rings. The molecule has 1 aliphatic rings. The van der Waals surface area contributed by atoms with Crippen molar-refractivity contribution in [3.63, 3.8) is 0 Å². The van der Waals surface area contributed by atoms with Crippen LogP contribution < -0.4 is 15.0 Å². The van der Waals surface area contributed by atoms with Gasteiger partial charge in [-0.15, -0.1) is 0 Å². The molecule has 2 aromatic carbocycles. The molecule has 0 aliphatic carbocycles. The van der Waals surface area contributed by atoms with E-state index in [0.717, 1.165) is 4.90 Å². The second-order valence-corrected chi connectivity index (χ2v) is 7.46. The molecule has 29 heavy (non-hydrogen) atoms. The number of rotatable bonds is 6. The minimum atomic E-state index is -0.603. The van der Waals surface area contributed by atoms with Crippen LogP contribution in [0.4, 0.5) is 10.1 Å². The zero-order valence-electron chi connectivity index (χ0n) is 16.2. The first-order valence-electron chi connectivity index (χ1n) is 9.51. The smallest absolute Gasteiger partial charge is 0.279 e. The number of nitrogens with zero attached hydrogens (tertiary/aromatic N) is 1. The van der Waals surface area contributed by atoms with Gasteiger partial charge < -0.3 is 19.9 Å². The highest BCUT2D eigenvalue weighted by Crippen LogP contribution is 2.17. The average Bonchev–Trinajstić information content (AvgIpc) is 2.69. The lowest BCUT2D eigenvalue weighted by Gasteiger charge is -2.33. The average molecular weight is 421 g/mol. The van der Waals surface area contributed by atoms with Crippen LogP contribution in [0.5, 0.6) is 5.75 Å². The van der Waals surface area contributed by atoms with Crippen LogP contribution in [-0.2, 0) is 9.59 Å². The highest BCUT2D eigenvalue weighted by atomic mass is 35.5. The maximum absolute atomic E-state index is 13.2. The lowest BCUT2D eigenvalue weighted by Crippen LogP contribution is -3.15. The number of hydrogen-bond acceptors (Lipinski definition) is 3. The molecule has 2 N–H and O–H groups in total. The Labute approximate surface area is 174 Å². The monoisotopic (exact) mass is 420 g/mol. The van der Waals surface area contributed by atoms with Crippen molar-refractivity contribution in [2.45, 2.75) is 13.0 Å². The van der Waals surface area contributed by atoms with Crippen molar-refractivity contribution < 1.29 is 23.6 Å². The molecule has 0 saturated carbocycles. The van der Waals surface area contributed by atoms with E-state index in [0.29, 0.717) is 42.6 Å². The fourth-order valence-electron chi connectivity index (χ4n) is 3.24. The lowest BCUT2D eigenvalue weighted by atomic mass is 10.2. The quantitative estimate of drug-likeness (QED) is 0.746. The first-order valence-corrected chi connectivity index (χ1v) is 9.88. The Hall–Kier alpha value is -2.64. The largest absolute Gasteiger partial charge is 0.481 e. The number of carbonyl (C=O) groups excluding carboxylic acids is 2. The Morgan fingerprint density at radius 3 is 2.55 bits per heavy atom.